The largest absolute Gasteiger partial charge is 0.480 e. The Kier molecular flexibility index (Phi) is 3.17. The zero-order chi connectivity index (χ0) is 12.4. The fourth-order valence-corrected chi connectivity index (χ4v) is 2.19. The lowest BCUT2D eigenvalue weighted by atomic mass is 10.0. The molecule has 0 radical (unpaired) electrons. The molecule has 1 saturated heterocycles. The molecule has 2 rings (SSSR count). The number of furan rings is 1. The summed E-state index contributed by atoms with van der Waals surface area (Å²) >= 11 is 0. The van der Waals surface area contributed by atoms with Gasteiger partial charge >= 0.3 is 5.97 Å². The molecule has 1 N–H and O–H groups in total. The van der Waals surface area contributed by atoms with E-state index in [-0.39, 0.29) is 5.91 Å². The van der Waals surface area contributed by atoms with E-state index in [1.54, 1.807) is 13.0 Å². The van der Waals surface area contributed by atoms with Gasteiger partial charge < -0.3 is 14.4 Å². The van der Waals surface area contributed by atoms with Crippen LogP contribution in [0.1, 0.15) is 35.4 Å². The second-order valence-corrected chi connectivity index (χ2v) is 4.24. The molecule has 1 aliphatic rings. The van der Waals surface area contributed by atoms with Crippen LogP contribution in [0.2, 0.25) is 0 Å². The van der Waals surface area contributed by atoms with E-state index in [9.17, 15) is 9.59 Å². The van der Waals surface area contributed by atoms with Gasteiger partial charge in [0.2, 0.25) is 0 Å². The highest BCUT2D eigenvalue weighted by atomic mass is 16.4. The Morgan fingerprint density at radius 3 is 2.82 bits per heavy atom. The second-order valence-electron chi connectivity index (χ2n) is 4.24. The van der Waals surface area contributed by atoms with E-state index in [0.717, 1.165) is 12.8 Å². The van der Waals surface area contributed by atoms with Crippen LogP contribution in [0.25, 0.3) is 0 Å². The Labute approximate surface area is 99.0 Å². The summed E-state index contributed by atoms with van der Waals surface area (Å²) in [7, 11) is 0. The van der Waals surface area contributed by atoms with E-state index < -0.39 is 12.0 Å². The molecule has 5 nitrogen and oxygen atoms in total. The first-order valence-electron chi connectivity index (χ1n) is 5.69. The maximum Gasteiger partial charge on any atom is 0.326 e. The molecule has 92 valence electrons. The number of aryl methyl sites for hydroxylation is 1. The summed E-state index contributed by atoms with van der Waals surface area (Å²) in [6.07, 6.45) is 3.68. The van der Waals surface area contributed by atoms with E-state index in [0.29, 0.717) is 24.3 Å². The Hall–Kier alpha value is -1.78. The van der Waals surface area contributed by atoms with Crippen LogP contribution in [-0.2, 0) is 4.79 Å². The summed E-state index contributed by atoms with van der Waals surface area (Å²) in [6.45, 7) is 2.20. The minimum Gasteiger partial charge on any atom is -0.480 e. The second kappa shape index (κ2) is 4.61. The van der Waals surface area contributed by atoms with E-state index in [4.69, 9.17) is 9.52 Å². The first-order chi connectivity index (χ1) is 8.11. The van der Waals surface area contributed by atoms with Gasteiger partial charge in [0.15, 0.2) is 0 Å². The molecule has 1 aromatic rings. The Morgan fingerprint density at radius 1 is 1.47 bits per heavy atom. The number of rotatable bonds is 2. The fraction of sp³-hybridized carbons (Fsp3) is 0.500. The van der Waals surface area contributed by atoms with Crippen molar-refractivity contribution in [1.29, 1.82) is 0 Å². The van der Waals surface area contributed by atoms with Gasteiger partial charge in [0, 0.05) is 6.54 Å². The van der Waals surface area contributed by atoms with Gasteiger partial charge in [0.05, 0.1) is 11.8 Å². The molecule has 1 aromatic heterocycles. The number of amides is 1. The van der Waals surface area contributed by atoms with Gasteiger partial charge in [-0.1, -0.05) is 0 Å². The summed E-state index contributed by atoms with van der Waals surface area (Å²) in [5.41, 5.74) is 0.457. The number of hydrogen-bond acceptors (Lipinski definition) is 3. The first kappa shape index (κ1) is 11.7. The zero-order valence-corrected chi connectivity index (χ0v) is 9.68. The Morgan fingerprint density at radius 2 is 2.24 bits per heavy atom. The standard InChI is InChI=1S/C12H15NO4/c1-8-9(5-7-17-8)11(14)13-6-3-2-4-10(13)12(15)16/h5,7,10H,2-4,6H2,1H3,(H,15,16)/t10-/m1/s1. The number of nitrogens with zero attached hydrogens (tertiary/aromatic N) is 1. The van der Waals surface area contributed by atoms with Crippen LogP contribution in [0.3, 0.4) is 0 Å². The molecule has 1 fully saturated rings. The maximum absolute atomic E-state index is 12.2. The highest BCUT2D eigenvalue weighted by Gasteiger charge is 2.33. The first-order valence-corrected chi connectivity index (χ1v) is 5.69. The molecule has 1 amide bonds. The third-order valence-electron chi connectivity index (χ3n) is 3.14. The van der Waals surface area contributed by atoms with E-state index >= 15 is 0 Å². The number of aliphatic carboxylic acids is 1. The van der Waals surface area contributed by atoms with Crippen molar-refractivity contribution >= 4 is 11.9 Å². The van der Waals surface area contributed by atoms with Gasteiger partial charge in [-0.2, -0.15) is 0 Å². The normalized spacial score (nSPS) is 20.3. The van der Waals surface area contributed by atoms with Gasteiger partial charge in [0.25, 0.3) is 5.91 Å². The number of carboxylic acid groups (broad SMARTS) is 1. The maximum atomic E-state index is 12.2. The summed E-state index contributed by atoms with van der Waals surface area (Å²) in [5, 5.41) is 9.11. The lowest BCUT2D eigenvalue weighted by Crippen LogP contribution is -2.48. The fourth-order valence-electron chi connectivity index (χ4n) is 2.19. The molecule has 1 atom stereocenters. The highest BCUT2D eigenvalue weighted by Crippen LogP contribution is 2.21. The average molecular weight is 237 g/mol. The van der Waals surface area contributed by atoms with E-state index in [1.165, 1.54) is 11.2 Å². The molecule has 0 aliphatic carbocycles. The number of likely N-dealkylation sites (tertiary alicyclic amines) is 1. The quantitative estimate of drug-likeness (QED) is 0.849. The number of carbonyl (C=O) groups excluding carboxylic acids is 1. The minimum absolute atomic E-state index is 0.247. The predicted octanol–water partition coefficient (Wildman–Crippen LogP) is 1.67. The van der Waals surface area contributed by atoms with Crippen molar-refractivity contribution in [2.24, 2.45) is 0 Å². The lowest BCUT2D eigenvalue weighted by Gasteiger charge is -2.32. The van der Waals surface area contributed by atoms with Gasteiger partial charge in [-0.05, 0) is 32.3 Å². The van der Waals surface area contributed by atoms with Crippen molar-refractivity contribution in [1.82, 2.24) is 4.90 Å². The minimum atomic E-state index is -0.931. The van der Waals surface area contributed by atoms with Crippen LogP contribution >= 0.6 is 0 Å². The van der Waals surface area contributed by atoms with Crippen molar-refractivity contribution in [3.63, 3.8) is 0 Å². The molecule has 1 aliphatic heterocycles. The number of carbonyl (C=O) groups is 2. The van der Waals surface area contributed by atoms with E-state index in [2.05, 4.69) is 0 Å². The molecular weight excluding hydrogens is 222 g/mol. The van der Waals surface area contributed by atoms with Crippen molar-refractivity contribution in [2.45, 2.75) is 32.2 Å². The topological polar surface area (TPSA) is 70.8 Å². The van der Waals surface area contributed by atoms with E-state index in [1.807, 2.05) is 0 Å². The molecule has 0 saturated carbocycles. The van der Waals surface area contributed by atoms with Crippen LogP contribution in [-0.4, -0.2) is 34.5 Å². The Bertz CT molecular complexity index is 437. The molecule has 0 unspecified atom stereocenters. The van der Waals surface area contributed by atoms with Gasteiger partial charge in [-0.15, -0.1) is 0 Å². The number of carboxylic acids is 1. The van der Waals surface area contributed by atoms with Crippen LogP contribution < -0.4 is 0 Å². The molecule has 0 spiro atoms. The summed E-state index contributed by atoms with van der Waals surface area (Å²) < 4.78 is 5.08. The third kappa shape index (κ3) is 2.18. The van der Waals surface area contributed by atoms with Crippen LogP contribution in [0.15, 0.2) is 16.7 Å². The van der Waals surface area contributed by atoms with Crippen LogP contribution in [0.5, 0.6) is 0 Å². The Balaban J connectivity index is 2.23. The van der Waals surface area contributed by atoms with Crippen molar-refractivity contribution in [3.05, 3.63) is 23.7 Å². The van der Waals surface area contributed by atoms with Gasteiger partial charge in [0.1, 0.15) is 11.8 Å². The predicted molar refractivity (Wildman–Crippen MR) is 59.8 cm³/mol. The molecule has 5 heteroatoms. The monoisotopic (exact) mass is 237 g/mol. The highest BCUT2D eigenvalue weighted by molar-refractivity contribution is 5.97. The molecule has 2 heterocycles. The molecular formula is C12H15NO4. The number of hydrogen-bond donors (Lipinski definition) is 1. The summed E-state index contributed by atoms with van der Waals surface area (Å²) in [4.78, 5) is 24.7. The SMILES string of the molecule is Cc1occc1C(=O)N1CCCC[C@@H]1C(=O)O. The average Bonchev–Trinajstić information content (AvgIpc) is 2.74. The summed E-state index contributed by atoms with van der Waals surface area (Å²) in [6, 6.07) is 0.885. The van der Waals surface area contributed by atoms with Crippen molar-refractivity contribution in [3.8, 4) is 0 Å². The molecule has 17 heavy (non-hydrogen) atoms. The smallest absolute Gasteiger partial charge is 0.326 e. The van der Waals surface area contributed by atoms with Crippen LogP contribution in [0.4, 0.5) is 0 Å². The van der Waals surface area contributed by atoms with Crippen LogP contribution in [0, 0.1) is 6.92 Å². The lowest BCUT2D eigenvalue weighted by molar-refractivity contribution is -0.143. The van der Waals surface area contributed by atoms with Gasteiger partial charge in [-0.3, -0.25) is 4.79 Å². The third-order valence-corrected chi connectivity index (χ3v) is 3.14. The van der Waals surface area contributed by atoms with Crippen molar-refractivity contribution in [2.75, 3.05) is 6.54 Å². The van der Waals surface area contributed by atoms with Gasteiger partial charge in [-0.25, -0.2) is 4.79 Å². The van der Waals surface area contributed by atoms with Crippen molar-refractivity contribution < 1.29 is 19.1 Å². The zero-order valence-electron chi connectivity index (χ0n) is 9.68. The number of piperidine rings is 1. The molecule has 0 bridgehead atoms. The molecule has 0 aromatic carbocycles. The summed E-state index contributed by atoms with van der Waals surface area (Å²) in [5.74, 6) is -0.646.